The molecule has 0 saturated carbocycles. The normalized spacial score (nSPS) is 23.8. The van der Waals surface area contributed by atoms with Crippen LogP contribution in [0.5, 0.6) is 0 Å². The maximum atomic E-state index is 12.6. The summed E-state index contributed by atoms with van der Waals surface area (Å²) in [6, 6.07) is 5.65. The number of carbonyl (C=O) groups is 1. The van der Waals surface area contributed by atoms with Gasteiger partial charge < -0.3 is 10.2 Å². The summed E-state index contributed by atoms with van der Waals surface area (Å²) < 4.78 is 0. The minimum Gasteiger partial charge on any atom is -0.314 e. The van der Waals surface area contributed by atoms with Gasteiger partial charge in [-0.3, -0.25) is 9.69 Å². The van der Waals surface area contributed by atoms with Gasteiger partial charge in [-0.05, 0) is 19.1 Å². The molecule has 1 unspecified atom stereocenters. The summed E-state index contributed by atoms with van der Waals surface area (Å²) in [5, 5.41) is 4.01. The average Bonchev–Trinajstić information content (AvgIpc) is 2.70. The summed E-state index contributed by atoms with van der Waals surface area (Å²) >= 11 is 6.07. The zero-order valence-corrected chi connectivity index (χ0v) is 11.8. The van der Waals surface area contributed by atoms with E-state index in [-0.39, 0.29) is 11.9 Å². The standard InChI is InChI=1S/C14H18ClN3O/c1-2-18-12-9-10(15)3-4-11(12)13(14(18)19)17-7-5-16-6-8-17/h3-4,9,13,16H,2,5-8H2,1H3. The molecule has 1 atom stereocenters. The number of likely N-dealkylation sites (N-methyl/N-ethyl adjacent to an activating group) is 1. The first kappa shape index (κ1) is 12.9. The molecule has 1 aromatic rings. The van der Waals surface area contributed by atoms with Crippen LogP contribution in [0.15, 0.2) is 18.2 Å². The van der Waals surface area contributed by atoms with E-state index in [1.807, 2.05) is 30.0 Å². The highest BCUT2D eigenvalue weighted by atomic mass is 35.5. The molecule has 4 nitrogen and oxygen atoms in total. The number of rotatable bonds is 2. The number of benzene rings is 1. The fourth-order valence-corrected chi connectivity index (χ4v) is 3.17. The number of hydrogen-bond acceptors (Lipinski definition) is 3. The maximum absolute atomic E-state index is 12.6. The van der Waals surface area contributed by atoms with Crippen LogP contribution in [0.1, 0.15) is 18.5 Å². The molecular weight excluding hydrogens is 262 g/mol. The molecule has 0 aliphatic carbocycles. The Morgan fingerprint density at radius 1 is 1.37 bits per heavy atom. The van der Waals surface area contributed by atoms with Crippen molar-refractivity contribution in [2.45, 2.75) is 13.0 Å². The fraction of sp³-hybridized carbons (Fsp3) is 0.500. The second-order valence-electron chi connectivity index (χ2n) is 4.97. The van der Waals surface area contributed by atoms with E-state index in [1.165, 1.54) is 0 Å². The molecule has 19 heavy (non-hydrogen) atoms. The zero-order valence-electron chi connectivity index (χ0n) is 11.0. The van der Waals surface area contributed by atoms with Gasteiger partial charge in [-0.15, -0.1) is 0 Å². The van der Waals surface area contributed by atoms with Crippen LogP contribution in [0.3, 0.4) is 0 Å². The first-order valence-corrected chi connectivity index (χ1v) is 7.15. The van der Waals surface area contributed by atoms with E-state index in [0.29, 0.717) is 11.6 Å². The van der Waals surface area contributed by atoms with Crippen molar-refractivity contribution in [2.75, 3.05) is 37.6 Å². The highest BCUT2D eigenvalue weighted by Crippen LogP contribution is 2.40. The smallest absolute Gasteiger partial charge is 0.249 e. The van der Waals surface area contributed by atoms with E-state index in [2.05, 4.69) is 10.2 Å². The Hall–Kier alpha value is -1.10. The van der Waals surface area contributed by atoms with Gasteiger partial charge in [0.25, 0.3) is 0 Å². The Bertz CT molecular complexity index is 499. The van der Waals surface area contributed by atoms with Crippen molar-refractivity contribution in [3.8, 4) is 0 Å². The molecule has 102 valence electrons. The van der Waals surface area contributed by atoms with Crippen LogP contribution < -0.4 is 10.2 Å². The summed E-state index contributed by atoms with van der Waals surface area (Å²) in [6.45, 7) is 6.40. The summed E-state index contributed by atoms with van der Waals surface area (Å²) in [5.41, 5.74) is 2.07. The molecule has 0 aromatic heterocycles. The Kier molecular flexibility index (Phi) is 3.48. The predicted octanol–water partition coefficient (Wildman–Crippen LogP) is 1.65. The molecule has 0 radical (unpaired) electrons. The number of hydrogen-bond donors (Lipinski definition) is 1. The van der Waals surface area contributed by atoms with Gasteiger partial charge >= 0.3 is 0 Å². The lowest BCUT2D eigenvalue weighted by molar-refractivity contribution is -0.123. The van der Waals surface area contributed by atoms with Gasteiger partial charge in [0.2, 0.25) is 5.91 Å². The number of fused-ring (bicyclic) bond motifs is 1. The van der Waals surface area contributed by atoms with Gasteiger partial charge in [-0.2, -0.15) is 0 Å². The highest BCUT2D eigenvalue weighted by Gasteiger charge is 2.40. The van der Waals surface area contributed by atoms with E-state index in [1.54, 1.807) is 0 Å². The summed E-state index contributed by atoms with van der Waals surface area (Å²) in [5.74, 6) is 0.182. The highest BCUT2D eigenvalue weighted by molar-refractivity contribution is 6.31. The first-order valence-electron chi connectivity index (χ1n) is 6.78. The van der Waals surface area contributed by atoms with Crippen LogP contribution in [0, 0.1) is 0 Å². The molecule has 2 aliphatic rings. The van der Waals surface area contributed by atoms with Crippen LogP contribution in [0.4, 0.5) is 5.69 Å². The molecule has 5 heteroatoms. The Balaban J connectivity index is 1.99. The molecule has 0 spiro atoms. The monoisotopic (exact) mass is 279 g/mol. The van der Waals surface area contributed by atoms with E-state index < -0.39 is 0 Å². The average molecular weight is 280 g/mol. The lowest BCUT2D eigenvalue weighted by atomic mass is 10.1. The number of anilines is 1. The van der Waals surface area contributed by atoms with Crippen LogP contribution in [-0.2, 0) is 4.79 Å². The fourth-order valence-electron chi connectivity index (χ4n) is 3.00. The van der Waals surface area contributed by atoms with Gasteiger partial charge in [-0.1, -0.05) is 17.7 Å². The van der Waals surface area contributed by atoms with Crippen molar-refractivity contribution in [2.24, 2.45) is 0 Å². The maximum Gasteiger partial charge on any atom is 0.249 e. The first-order chi connectivity index (χ1) is 9.22. The quantitative estimate of drug-likeness (QED) is 0.894. The van der Waals surface area contributed by atoms with Crippen molar-refractivity contribution < 1.29 is 4.79 Å². The zero-order chi connectivity index (χ0) is 13.4. The van der Waals surface area contributed by atoms with Gasteiger partial charge in [0.15, 0.2) is 0 Å². The Labute approximate surface area is 118 Å². The number of nitrogens with one attached hydrogen (secondary N) is 1. The minimum atomic E-state index is -0.130. The van der Waals surface area contributed by atoms with E-state index in [0.717, 1.165) is 37.4 Å². The second kappa shape index (κ2) is 5.12. The van der Waals surface area contributed by atoms with Gasteiger partial charge in [0.1, 0.15) is 6.04 Å². The molecule has 2 heterocycles. The van der Waals surface area contributed by atoms with Gasteiger partial charge in [-0.25, -0.2) is 0 Å². The van der Waals surface area contributed by atoms with Crippen molar-refractivity contribution in [3.63, 3.8) is 0 Å². The van der Waals surface area contributed by atoms with Gasteiger partial charge in [0.05, 0.1) is 5.69 Å². The largest absolute Gasteiger partial charge is 0.314 e. The van der Waals surface area contributed by atoms with E-state index >= 15 is 0 Å². The van der Waals surface area contributed by atoms with Gasteiger partial charge in [0, 0.05) is 43.3 Å². The molecule has 1 fully saturated rings. The third-order valence-electron chi connectivity index (χ3n) is 3.91. The number of nitrogens with zero attached hydrogens (tertiary/aromatic N) is 2. The number of halogens is 1. The van der Waals surface area contributed by atoms with Crippen molar-refractivity contribution in [1.82, 2.24) is 10.2 Å². The molecule has 1 saturated heterocycles. The predicted molar refractivity (Wildman–Crippen MR) is 76.7 cm³/mol. The molecular formula is C14H18ClN3O. The summed E-state index contributed by atoms with van der Waals surface area (Å²) in [6.07, 6.45) is 0. The lowest BCUT2D eigenvalue weighted by Crippen LogP contribution is -2.47. The molecule has 1 N–H and O–H groups in total. The third kappa shape index (κ3) is 2.14. The number of amides is 1. The lowest BCUT2D eigenvalue weighted by Gasteiger charge is -2.31. The van der Waals surface area contributed by atoms with Crippen LogP contribution in [0.2, 0.25) is 5.02 Å². The summed E-state index contributed by atoms with van der Waals surface area (Å²) in [7, 11) is 0. The number of piperazine rings is 1. The van der Waals surface area contributed by atoms with E-state index in [4.69, 9.17) is 11.6 Å². The summed E-state index contributed by atoms with van der Waals surface area (Å²) in [4.78, 5) is 16.7. The molecule has 1 amide bonds. The van der Waals surface area contributed by atoms with Crippen molar-refractivity contribution in [3.05, 3.63) is 28.8 Å². The van der Waals surface area contributed by atoms with Crippen molar-refractivity contribution >= 4 is 23.2 Å². The van der Waals surface area contributed by atoms with Crippen molar-refractivity contribution in [1.29, 1.82) is 0 Å². The van der Waals surface area contributed by atoms with Crippen LogP contribution >= 0.6 is 11.6 Å². The molecule has 1 aromatic carbocycles. The SMILES string of the molecule is CCN1C(=O)C(N2CCNCC2)c2ccc(Cl)cc21. The van der Waals surface area contributed by atoms with Crippen LogP contribution in [0.25, 0.3) is 0 Å². The molecule has 2 aliphatic heterocycles. The Morgan fingerprint density at radius 2 is 2.11 bits per heavy atom. The Morgan fingerprint density at radius 3 is 2.79 bits per heavy atom. The topological polar surface area (TPSA) is 35.6 Å². The molecule has 0 bridgehead atoms. The third-order valence-corrected chi connectivity index (χ3v) is 4.15. The van der Waals surface area contributed by atoms with E-state index in [9.17, 15) is 4.79 Å². The van der Waals surface area contributed by atoms with Crippen LogP contribution in [-0.4, -0.2) is 43.5 Å². The minimum absolute atomic E-state index is 0.130. The number of carbonyl (C=O) groups excluding carboxylic acids is 1. The molecule has 3 rings (SSSR count). The second-order valence-corrected chi connectivity index (χ2v) is 5.41.